The molecule has 0 aliphatic rings. The molecule has 126 valence electrons. The second kappa shape index (κ2) is 6.60. The first kappa shape index (κ1) is 15.7. The van der Waals surface area contributed by atoms with Crippen molar-refractivity contribution < 1.29 is 9.59 Å². The van der Waals surface area contributed by atoms with Crippen molar-refractivity contribution in [1.82, 2.24) is 15.0 Å². The first-order chi connectivity index (χ1) is 12.8. The van der Waals surface area contributed by atoms with Crippen LogP contribution < -0.4 is 5.32 Å². The minimum Gasteiger partial charge on any atom is -0.345 e. The number of pyridine rings is 2. The van der Waals surface area contributed by atoms with E-state index in [9.17, 15) is 9.59 Å². The number of amides is 1. The number of anilines is 1. The van der Waals surface area contributed by atoms with Crippen LogP contribution in [-0.2, 0) is 4.79 Å². The topological polar surface area (TPSA) is 87.7 Å². The molecule has 1 aromatic carbocycles. The number of rotatable bonds is 5. The van der Waals surface area contributed by atoms with Gasteiger partial charge >= 0.3 is 0 Å². The van der Waals surface area contributed by atoms with Crippen LogP contribution in [0.5, 0.6) is 0 Å². The molecule has 2 N–H and O–H groups in total. The molecule has 0 bridgehead atoms. The molecule has 0 spiro atoms. The van der Waals surface area contributed by atoms with Crippen LogP contribution in [0.15, 0.2) is 67.3 Å². The van der Waals surface area contributed by atoms with E-state index in [0.29, 0.717) is 28.9 Å². The number of H-pyrrole nitrogens is 1. The number of aromatic amines is 1. The van der Waals surface area contributed by atoms with E-state index in [4.69, 9.17) is 0 Å². The summed E-state index contributed by atoms with van der Waals surface area (Å²) in [7, 11) is 0. The normalized spacial score (nSPS) is 10.6. The van der Waals surface area contributed by atoms with E-state index in [1.54, 1.807) is 49.1 Å². The zero-order valence-corrected chi connectivity index (χ0v) is 13.6. The van der Waals surface area contributed by atoms with Gasteiger partial charge in [0.15, 0.2) is 5.78 Å². The molecule has 0 fully saturated rings. The van der Waals surface area contributed by atoms with Gasteiger partial charge in [-0.05, 0) is 24.3 Å². The summed E-state index contributed by atoms with van der Waals surface area (Å²) in [6.45, 7) is 0. The minimum absolute atomic E-state index is 0.143. The number of carbonyl (C=O) groups is 2. The molecule has 6 nitrogen and oxygen atoms in total. The second-order valence-corrected chi connectivity index (χ2v) is 5.74. The number of benzene rings is 1. The third kappa shape index (κ3) is 2.84. The largest absolute Gasteiger partial charge is 0.345 e. The van der Waals surface area contributed by atoms with E-state index < -0.39 is 0 Å². The maximum Gasteiger partial charge on any atom is 0.211 e. The third-order valence-electron chi connectivity index (χ3n) is 4.12. The van der Waals surface area contributed by atoms with Crippen molar-refractivity contribution in [2.75, 3.05) is 5.32 Å². The van der Waals surface area contributed by atoms with E-state index in [1.165, 1.54) is 0 Å². The molecule has 0 saturated carbocycles. The number of aromatic nitrogens is 3. The summed E-state index contributed by atoms with van der Waals surface area (Å²) >= 11 is 0. The quantitative estimate of drug-likeness (QED) is 0.430. The maximum atomic E-state index is 12.9. The summed E-state index contributed by atoms with van der Waals surface area (Å²) in [5.41, 5.74) is 4.04. The number of nitrogens with zero attached hydrogens (tertiary/aromatic N) is 2. The number of nitrogens with one attached hydrogen (secondary N) is 2. The Balaban J connectivity index is 1.78. The van der Waals surface area contributed by atoms with E-state index in [0.717, 1.165) is 16.5 Å². The lowest BCUT2D eigenvalue weighted by atomic mass is 10.0. The average molecular weight is 342 g/mol. The van der Waals surface area contributed by atoms with Crippen molar-refractivity contribution in [3.8, 4) is 11.1 Å². The fourth-order valence-electron chi connectivity index (χ4n) is 2.86. The maximum absolute atomic E-state index is 12.9. The van der Waals surface area contributed by atoms with Crippen LogP contribution in [0, 0.1) is 0 Å². The Hall–Kier alpha value is -3.80. The van der Waals surface area contributed by atoms with Gasteiger partial charge in [0.1, 0.15) is 5.65 Å². The Morgan fingerprint density at radius 2 is 2.00 bits per heavy atom. The van der Waals surface area contributed by atoms with Crippen LogP contribution in [0.25, 0.3) is 22.2 Å². The van der Waals surface area contributed by atoms with Crippen molar-refractivity contribution in [1.29, 1.82) is 0 Å². The first-order valence-corrected chi connectivity index (χ1v) is 7.99. The van der Waals surface area contributed by atoms with Gasteiger partial charge in [-0.2, -0.15) is 0 Å². The van der Waals surface area contributed by atoms with Crippen LogP contribution >= 0.6 is 0 Å². The Morgan fingerprint density at radius 1 is 1.08 bits per heavy atom. The summed E-state index contributed by atoms with van der Waals surface area (Å²) in [4.78, 5) is 35.1. The predicted molar refractivity (Wildman–Crippen MR) is 98.9 cm³/mol. The molecule has 0 radical (unpaired) electrons. The molecule has 26 heavy (non-hydrogen) atoms. The first-order valence-electron chi connectivity index (χ1n) is 7.99. The van der Waals surface area contributed by atoms with Gasteiger partial charge in [-0.1, -0.05) is 18.2 Å². The molecule has 6 heteroatoms. The molecule has 4 aromatic rings. The summed E-state index contributed by atoms with van der Waals surface area (Å²) < 4.78 is 0. The molecular formula is C20H14N4O2. The van der Waals surface area contributed by atoms with Gasteiger partial charge in [-0.3, -0.25) is 14.6 Å². The number of carbonyl (C=O) groups excluding carboxylic acids is 2. The lowest BCUT2D eigenvalue weighted by Gasteiger charge is -2.04. The molecule has 3 aromatic heterocycles. The number of hydrogen-bond acceptors (Lipinski definition) is 4. The molecule has 4 rings (SSSR count). The SMILES string of the molecule is O=CNc1cccc(C(=O)c2c[nH]c3ncc(-c4cccnc4)cc23)c1. The van der Waals surface area contributed by atoms with Crippen molar-refractivity contribution in [3.05, 3.63) is 78.4 Å². The van der Waals surface area contributed by atoms with Crippen molar-refractivity contribution in [3.63, 3.8) is 0 Å². The van der Waals surface area contributed by atoms with Crippen molar-refractivity contribution in [2.24, 2.45) is 0 Å². The van der Waals surface area contributed by atoms with Gasteiger partial charge < -0.3 is 10.3 Å². The summed E-state index contributed by atoms with van der Waals surface area (Å²) in [5, 5.41) is 3.30. The number of fused-ring (bicyclic) bond motifs is 1. The Kier molecular flexibility index (Phi) is 3.99. The predicted octanol–water partition coefficient (Wildman–Crippen LogP) is 3.42. The van der Waals surface area contributed by atoms with Gasteiger partial charge in [0, 0.05) is 58.1 Å². The van der Waals surface area contributed by atoms with Gasteiger partial charge in [0.2, 0.25) is 6.41 Å². The summed E-state index contributed by atoms with van der Waals surface area (Å²) in [5.74, 6) is -0.143. The van der Waals surface area contributed by atoms with Gasteiger partial charge in [-0.15, -0.1) is 0 Å². The summed E-state index contributed by atoms with van der Waals surface area (Å²) in [6, 6.07) is 12.5. The van der Waals surface area contributed by atoms with E-state index >= 15 is 0 Å². The van der Waals surface area contributed by atoms with Gasteiger partial charge in [-0.25, -0.2) is 4.98 Å². The lowest BCUT2D eigenvalue weighted by molar-refractivity contribution is -0.105. The zero-order chi connectivity index (χ0) is 17.9. The van der Waals surface area contributed by atoms with Crippen LogP contribution in [0.2, 0.25) is 0 Å². The molecule has 0 aliphatic carbocycles. The molecule has 0 aliphatic heterocycles. The highest BCUT2D eigenvalue weighted by molar-refractivity contribution is 6.16. The highest BCUT2D eigenvalue weighted by Gasteiger charge is 2.16. The Labute approximate surface area is 148 Å². The fraction of sp³-hybridized carbons (Fsp3) is 0. The van der Waals surface area contributed by atoms with Crippen LogP contribution in [0.1, 0.15) is 15.9 Å². The lowest BCUT2D eigenvalue weighted by Crippen LogP contribution is -2.02. The molecule has 0 atom stereocenters. The van der Waals surface area contributed by atoms with Crippen molar-refractivity contribution in [2.45, 2.75) is 0 Å². The van der Waals surface area contributed by atoms with E-state index in [2.05, 4.69) is 20.3 Å². The van der Waals surface area contributed by atoms with Gasteiger partial charge in [0.05, 0.1) is 0 Å². The third-order valence-corrected chi connectivity index (χ3v) is 4.12. The van der Waals surface area contributed by atoms with Crippen molar-refractivity contribution >= 4 is 28.9 Å². The van der Waals surface area contributed by atoms with E-state index in [-0.39, 0.29) is 5.78 Å². The standard InChI is InChI=1S/C20H14N4O2/c25-12-24-16-5-1-3-13(7-16)19(26)18-11-23-20-17(18)8-15(10-22-20)14-4-2-6-21-9-14/h1-12H,(H,22,23)(H,24,25). The average Bonchev–Trinajstić information content (AvgIpc) is 3.12. The minimum atomic E-state index is -0.143. The van der Waals surface area contributed by atoms with Crippen LogP contribution in [-0.4, -0.2) is 27.1 Å². The molecule has 3 heterocycles. The van der Waals surface area contributed by atoms with E-state index in [1.807, 2.05) is 18.2 Å². The molecule has 1 amide bonds. The summed E-state index contributed by atoms with van der Waals surface area (Å²) in [6.07, 6.45) is 7.46. The molecular weight excluding hydrogens is 328 g/mol. The van der Waals surface area contributed by atoms with Crippen LogP contribution in [0.4, 0.5) is 5.69 Å². The Bertz CT molecular complexity index is 1100. The monoisotopic (exact) mass is 342 g/mol. The number of ketones is 1. The second-order valence-electron chi connectivity index (χ2n) is 5.74. The molecule has 0 unspecified atom stereocenters. The Morgan fingerprint density at radius 3 is 2.81 bits per heavy atom. The van der Waals surface area contributed by atoms with Crippen LogP contribution in [0.3, 0.4) is 0 Å². The fourth-order valence-corrected chi connectivity index (χ4v) is 2.86. The zero-order valence-electron chi connectivity index (χ0n) is 13.6. The van der Waals surface area contributed by atoms with Gasteiger partial charge in [0.25, 0.3) is 0 Å². The number of hydrogen-bond donors (Lipinski definition) is 2. The highest BCUT2D eigenvalue weighted by atomic mass is 16.1. The smallest absolute Gasteiger partial charge is 0.211 e. The molecule has 0 saturated heterocycles. The highest BCUT2D eigenvalue weighted by Crippen LogP contribution is 2.26.